The maximum atomic E-state index is 12.1. The predicted molar refractivity (Wildman–Crippen MR) is 64.0 cm³/mol. The van der Waals surface area contributed by atoms with Crippen LogP contribution >= 0.6 is 0 Å². The SMILES string of the molecule is O=C(NC1CCCCC1)c1occ2c1OCCO2. The molecule has 2 heterocycles. The van der Waals surface area contributed by atoms with Gasteiger partial charge in [-0.15, -0.1) is 0 Å². The van der Waals surface area contributed by atoms with Crippen molar-refractivity contribution < 1.29 is 18.7 Å². The first-order valence-corrected chi connectivity index (χ1v) is 6.52. The first-order chi connectivity index (χ1) is 8.84. The van der Waals surface area contributed by atoms with Crippen LogP contribution in [0.1, 0.15) is 42.7 Å². The highest BCUT2D eigenvalue weighted by Crippen LogP contribution is 2.35. The fourth-order valence-corrected chi connectivity index (χ4v) is 2.52. The van der Waals surface area contributed by atoms with Crippen LogP contribution in [-0.2, 0) is 0 Å². The van der Waals surface area contributed by atoms with Gasteiger partial charge in [-0.2, -0.15) is 0 Å². The van der Waals surface area contributed by atoms with Gasteiger partial charge in [0.05, 0.1) is 0 Å². The van der Waals surface area contributed by atoms with Gasteiger partial charge in [0.15, 0.2) is 0 Å². The van der Waals surface area contributed by atoms with E-state index >= 15 is 0 Å². The molecule has 1 aromatic heterocycles. The van der Waals surface area contributed by atoms with Gasteiger partial charge in [0.2, 0.25) is 17.3 Å². The fraction of sp³-hybridized carbons (Fsp3) is 0.615. The van der Waals surface area contributed by atoms with Crippen LogP contribution in [0, 0.1) is 0 Å². The van der Waals surface area contributed by atoms with E-state index in [1.54, 1.807) is 0 Å². The minimum atomic E-state index is -0.200. The normalized spacial score (nSPS) is 19.6. The van der Waals surface area contributed by atoms with Gasteiger partial charge >= 0.3 is 0 Å². The Bertz CT molecular complexity index is 434. The first kappa shape index (κ1) is 11.4. The van der Waals surface area contributed by atoms with Crippen LogP contribution in [0.15, 0.2) is 10.7 Å². The second kappa shape index (κ2) is 4.92. The zero-order chi connectivity index (χ0) is 12.4. The van der Waals surface area contributed by atoms with Crippen molar-refractivity contribution >= 4 is 5.91 Å². The van der Waals surface area contributed by atoms with Crippen LogP contribution < -0.4 is 14.8 Å². The van der Waals surface area contributed by atoms with Crippen molar-refractivity contribution in [2.75, 3.05) is 13.2 Å². The number of ether oxygens (including phenoxy) is 2. The summed E-state index contributed by atoms with van der Waals surface area (Å²) in [7, 11) is 0. The molecule has 1 aliphatic heterocycles. The summed E-state index contributed by atoms with van der Waals surface area (Å²) in [5.41, 5.74) is 0. The minimum absolute atomic E-state index is 0.200. The van der Waals surface area contributed by atoms with E-state index < -0.39 is 0 Å². The number of carbonyl (C=O) groups excluding carboxylic acids is 1. The van der Waals surface area contributed by atoms with Gasteiger partial charge < -0.3 is 19.2 Å². The molecule has 98 valence electrons. The molecule has 0 atom stereocenters. The standard InChI is InChI=1S/C13H17NO4/c15-13(14-9-4-2-1-3-5-9)12-11-10(8-18-12)16-6-7-17-11/h8-9H,1-7H2,(H,14,15). The second-order valence-corrected chi connectivity index (χ2v) is 4.76. The number of nitrogens with one attached hydrogen (secondary N) is 1. The minimum Gasteiger partial charge on any atom is -0.483 e. The molecule has 0 unspecified atom stereocenters. The largest absolute Gasteiger partial charge is 0.483 e. The molecular formula is C13H17NO4. The van der Waals surface area contributed by atoms with E-state index in [1.165, 1.54) is 25.5 Å². The van der Waals surface area contributed by atoms with Gasteiger partial charge in [0.25, 0.3) is 5.91 Å². The molecule has 18 heavy (non-hydrogen) atoms. The van der Waals surface area contributed by atoms with Crippen LogP contribution in [0.4, 0.5) is 0 Å². The monoisotopic (exact) mass is 251 g/mol. The van der Waals surface area contributed by atoms with E-state index in [0.29, 0.717) is 24.7 Å². The summed E-state index contributed by atoms with van der Waals surface area (Å²) in [4.78, 5) is 12.1. The Balaban J connectivity index is 1.70. The van der Waals surface area contributed by atoms with Crippen LogP contribution in [0.5, 0.6) is 11.5 Å². The number of carbonyl (C=O) groups is 1. The van der Waals surface area contributed by atoms with Gasteiger partial charge in [-0.3, -0.25) is 4.79 Å². The van der Waals surface area contributed by atoms with E-state index in [4.69, 9.17) is 13.9 Å². The molecule has 5 heteroatoms. The van der Waals surface area contributed by atoms with Crippen molar-refractivity contribution in [3.63, 3.8) is 0 Å². The number of hydrogen-bond acceptors (Lipinski definition) is 4. The summed E-state index contributed by atoms with van der Waals surface area (Å²) in [5, 5.41) is 3.00. The van der Waals surface area contributed by atoms with E-state index in [-0.39, 0.29) is 17.7 Å². The lowest BCUT2D eigenvalue weighted by Gasteiger charge is -2.22. The molecule has 1 amide bonds. The Labute approximate surface area is 105 Å². The molecule has 3 rings (SSSR count). The zero-order valence-corrected chi connectivity index (χ0v) is 10.2. The van der Waals surface area contributed by atoms with E-state index in [1.807, 2.05) is 0 Å². The molecule has 2 aliphatic rings. The summed E-state index contributed by atoms with van der Waals surface area (Å²) in [6.45, 7) is 0.951. The maximum absolute atomic E-state index is 12.1. The van der Waals surface area contributed by atoms with Gasteiger partial charge in [0.1, 0.15) is 19.5 Å². The Morgan fingerprint density at radius 1 is 1.17 bits per heavy atom. The van der Waals surface area contributed by atoms with E-state index in [9.17, 15) is 4.79 Å². The Morgan fingerprint density at radius 2 is 1.94 bits per heavy atom. The molecule has 1 aliphatic carbocycles. The highest BCUT2D eigenvalue weighted by molar-refractivity contribution is 5.95. The van der Waals surface area contributed by atoms with Crippen molar-refractivity contribution in [3.05, 3.63) is 12.0 Å². The van der Waals surface area contributed by atoms with Crippen LogP contribution in [0.2, 0.25) is 0 Å². The van der Waals surface area contributed by atoms with Gasteiger partial charge in [0, 0.05) is 6.04 Å². The Morgan fingerprint density at radius 3 is 2.78 bits per heavy atom. The summed E-state index contributed by atoms with van der Waals surface area (Å²) in [6, 6.07) is 0.261. The topological polar surface area (TPSA) is 60.7 Å². The van der Waals surface area contributed by atoms with Gasteiger partial charge in [-0.25, -0.2) is 0 Å². The van der Waals surface area contributed by atoms with Crippen molar-refractivity contribution in [2.45, 2.75) is 38.1 Å². The molecule has 0 aromatic carbocycles. The lowest BCUT2D eigenvalue weighted by molar-refractivity contribution is 0.0890. The molecule has 0 saturated heterocycles. The van der Waals surface area contributed by atoms with Crippen molar-refractivity contribution in [2.24, 2.45) is 0 Å². The van der Waals surface area contributed by atoms with E-state index in [0.717, 1.165) is 12.8 Å². The highest BCUT2D eigenvalue weighted by atomic mass is 16.6. The fourth-order valence-electron chi connectivity index (χ4n) is 2.52. The number of fused-ring (bicyclic) bond motifs is 1. The zero-order valence-electron chi connectivity index (χ0n) is 10.2. The smallest absolute Gasteiger partial charge is 0.291 e. The lowest BCUT2D eigenvalue weighted by atomic mass is 9.95. The third-order valence-electron chi connectivity index (χ3n) is 3.45. The number of amides is 1. The Hall–Kier alpha value is -1.65. The molecule has 0 radical (unpaired) electrons. The second-order valence-electron chi connectivity index (χ2n) is 4.76. The molecule has 1 N–H and O–H groups in total. The molecule has 0 spiro atoms. The van der Waals surface area contributed by atoms with Crippen molar-refractivity contribution in [1.82, 2.24) is 5.32 Å². The van der Waals surface area contributed by atoms with Crippen molar-refractivity contribution in [3.8, 4) is 11.5 Å². The van der Waals surface area contributed by atoms with Crippen LogP contribution in [-0.4, -0.2) is 25.2 Å². The summed E-state index contributed by atoms with van der Waals surface area (Å²) in [6.07, 6.45) is 7.16. The highest BCUT2D eigenvalue weighted by Gasteiger charge is 2.27. The van der Waals surface area contributed by atoms with Crippen molar-refractivity contribution in [1.29, 1.82) is 0 Å². The molecule has 5 nitrogen and oxygen atoms in total. The maximum Gasteiger partial charge on any atom is 0.291 e. The molecule has 1 aromatic rings. The average Bonchev–Trinajstić information content (AvgIpc) is 2.84. The molecule has 1 fully saturated rings. The first-order valence-electron chi connectivity index (χ1n) is 6.52. The Kier molecular flexibility index (Phi) is 3.13. The summed E-state index contributed by atoms with van der Waals surface area (Å²) in [5.74, 6) is 0.994. The third-order valence-corrected chi connectivity index (χ3v) is 3.45. The quantitative estimate of drug-likeness (QED) is 0.874. The number of rotatable bonds is 2. The predicted octanol–water partition coefficient (Wildman–Crippen LogP) is 2.11. The van der Waals surface area contributed by atoms with Gasteiger partial charge in [-0.05, 0) is 12.8 Å². The molecule has 0 bridgehead atoms. The van der Waals surface area contributed by atoms with Crippen LogP contribution in [0.25, 0.3) is 0 Å². The molecule has 1 saturated carbocycles. The third kappa shape index (κ3) is 2.17. The lowest BCUT2D eigenvalue weighted by Crippen LogP contribution is -2.36. The van der Waals surface area contributed by atoms with E-state index in [2.05, 4.69) is 5.32 Å². The average molecular weight is 251 g/mol. The number of hydrogen-bond donors (Lipinski definition) is 1. The summed E-state index contributed by atoms with van der Waals surface area (Å²) >= 11 is 0. The van der Waals surface area contributed by atoms with Gasteiger partial charge in [-0.1, -0.05) is 19.3 Å². The summed E-state index contributed by atoms with van der Waals surface area (Å²) < 4.78 is 16.0. The van der Waals surface area contributed by atoms with Crippen LogP contribution in [0.3, 0.4) is 0 Å². The molecular weight excluding hydrogens is 234 g/mol. The number of furan rings is 1.